The van der Waals surface area contributed by atoms with Crippen molar-refractivity contribution >= 4 is 28.6 Å². The van der Waals surface area contributed by atoms with Crippen LogP contribution < -0.4 is 15.4 Å². The molecule has 1 aromatic carbocycles. The molecule has 0 aliphatic heterocycles. The van der Waals surface area contributed by atoms with E-state index in [2.05, 4.69) is 20.4 Å². The molecule has 1 heterocycles. The summed E-state index contributed by atoms with van der Waals surface area (Å²) in [7, 11) is 0. The first kappa shape index (κ1) is 18.8. The maximum Gasteiger partial charge on any atom is 0.387 e. The molecule has 144 valence electrons. The van der Waals surface area contributed by atoms with Gasteiger partial charge in [0.15, 0.2) is 0 Å². The monoisotopic (exact) mass is 379 g/mol. The quantitative estimate of drug-likeness (QED) is 0.737. The zero-order chi connectivity index (χ0) is 19.4. The number of carboxylic acids is 1. The van der Waals surface area contributed by atoms with Crippen LogP contribution in [0.4, 0.5) is 19.3 Å². The zero-order valence-electron chi connectivity index (χ0n) is 14.3. The molecule has 0 spiro atoms. The molecular weight excluding hydrogens is 360 g/mol. The van der Waals surface area contributed by atoms with Crippen molar-refractivity contribution in [2.75, 3.05) is 5.32 Å². The fourth-order valence-corrected chi connectivity index (χ4v) is 3.27. The van der Waals surface area contributed by atoms with Crippen LogP contribution in [0.2, 0.25) is 0 Å². The van der Waals surface area contributed by atoms with Crippen molar-refractivity contribution in [3.05, 3.63) is 30.5 Å². The van der Waals surface area contributed by atoms with Gasteiger partial charge in [-0.15, -0.1) is 0 Å². The first-order chi connectivity index (χ1) is 12.9. The number of amides is 2. The number of aromatic nitrogens is 1. The minimum absolute atomic E-state index is 0.0222. The van der Waals surface area contributed by atoms with E-state index in [0.717, 1.165) is 0 Å². The van der Waals surface area contributed by atoms with Gasteiger partial charge < -0.3 is 20.5 Å². The number of fused-ring (bicyclic) bond motifs is 1. The number of halogens is 2. The number of rotatable bonds is 5. The Morgan fingerprint density at radius 3 is 2.59 bits per heavy atom. The smallest absolute Gasteiger partial charge is 0.387 e. The van der Waals surface area contributed by atoms with Gasteiger partial charge in [-0.25, -0.2) is 4.79 Å². The van der Waals surface area contributed by atoms with Crippen LogP contribution in [0.25, 0.3) is 10.9 Å². The van der Waals surface area contributed by atoms with Crippen molar-refractivity contribution in [2.24, 2.45) is 5.92 Å². The van der Waals surface area contributed by atoms with E-state index in [-0.39, 0.29) is 17.7 Å². The van der Waals surface area contributed by atoms with Crippen molar-refractivity contribution in [3.8, 4) is 5.75 Å². The molecule has 2 aromatic rings. The normalized spacial score (nSPS) is 19.7. The Hall–Kier alpha value is -2.97. The Kier molecular flexibility index (Phi) is 5.68. The van der Waals surface area contributed by atoms with E-state index < -0.39 is 18.6 Å². The molecule has 2 amide bonds. The number of nitrogens with zero attached hydrogens (tertiary/aromatic N) is 1. The predicted molar refractivity (Wildman–Crippen MR) is 93.9 cm³/mol. The third-order valence-corrected chi connectivity index (χ3v) is 4.61. The third-order valence-electron chi connectivity index (χ3n) is 4.61. The molecule has 3 rings (SSSR count). The predicted octanol–water partition coefficient (Wildman–Crippen LogP) is 3.60. The van der Waals surface area contributed by atoms with Gasteiger partial charge in [-0.2, -0.15) is 8.78 Å². The van der Waals surface area contributed by atoms with Crippen LogP contribution in [0.1, 0.15) is 25.7 Å². The lowest BCUT2D eigenvalue weighted by atomic mass is 9.86. The van der Waals surface area contributed by atoms with Crippen molar-refractivity contribution < 1.29 is 28.2 Å². The molecule has 0 unspecified atom stereocenters. The topological polar surface area (TPSA) is 101 Å². The van der Waals surface area contributed by atoms with Crippen molar-refractivity contribution in [1.29, 1.82) is 0 Å². The molecule has 0 radical (unpaired) electrons. The second-order valence-electron chi connectivity index (χ2n) is 6.37. The number of urea groups is 1. The van der Waals surface area contributed by atoms with Crippen LogP contribution in [-0.4, -0.2) is 34.7 Å². The number of hydrogen-bond acceptors (Lipinski definition) is 4. The Labute approximate surface area is 153 Å². The van der Waals surface area contributed by atoms with E-state index in [1.807, 2.05) is 0 Å². The number of carboxylic acid groups (broad SMARTS) is 1. The lowest BCUT2D eigenvalue weighted by Gasteiger charge is -2.26. The number of carbonyl (C=O) groups excluding carboxylic acids is 1. The van der Waals surface area contributed by atoms with Gasteiger partial charge in [-0.3, -0.25) is 9.78 Å². The first-order valence-electron chi connectivity index (χ1n) is 8.57. The second kappa shape index (κ2) is 8.15. The number of hydrogen-bond donors (Lipinski definition) is 3. The summed E-state index contributed by atoms with van der Waals surface area (Å²) in [5.41, 5.74) is 0.698. The van der Waals surface area contributed by atoms with E-state index >= 15 is 0 Å². The molecule has 7 nitrogen and oxygen atoms in total. The largest absolute Gasteiger partial charge is 0.481 e. The van der Waals surface area contributed by atoms with E-state index in [4.69, 9.17) is 5.11 Å². The molecule has 27 heavy (non-hydrogen) atoms. The van der Waals surface area contributed by atoms with Gasteiger partial charge >= 0.3 is 18.6 Å². The van der Waals surface area contributed by atoms with Gasteiger partial charge in [0.05, 0.1) is 17.1 Å². The first-order valence-corrected chi connectivity index (χ1v) is 8.57. The van der Waals surface area contributed by atoms with Crippen LogP contribution in [0.15, 0.2) is 30.5 Å². The van der Waals surface area contributed by atoms with E-state index in [1.165, 1.54) is 18.3 Å². The number of benzene rings is 1. The lowest BCUT2D eigenvalue weighted by molar-refractivity contribution is -0.142. The minimum Gasteiger partial charge on any atom is -0.481 e. The van der Waals surface area contributed by atoms with Crippen LogP contribution in [0.5, 0.6) is 5.75 Å². The van der Waals surface area contributed by atoms with Crippen molar-refractivity contribution in [1.82, 2.24) is 10.3 Å². The second-order valence-corrected chi connectivity index (χ2v) is 6.37. The molecule has 1 fully saturated rings. The molecule has 0 bridgehead atoms. The van der Waals surface area contributed by atoms with Gasteiger partial charge in [0, 0.05) is 17.6 Å². The SMILES string of the molecule is O=C(Nc1ccc(OC(F)F)c2cccnc12)NC1CCC(C(=O)O)CC1. The Morgan fingerprint density at radius 2 is 1.93 bits per heavy atom. The van der Waals surface area contributed by atoms with Gasteiger partial charge in [-0.05, 0) is 49.9 Å². The number of alkyl halides is 2. The highest BCUT2D eigenvalue weighted by atomic mass is 19.3. The summed E-state index contributed by atoms with van der Waals surface area (Å²) in [6.07, 6.45) is 3.70. The summed E-state index contributed by atoms with van der Waals surface area (Å²) in [6.45, 7) is -2.96. The van der Waals surface area contributed by atoms with E-state index in [9.17, 15) is 18.4 Å². The fraction of sp³-hybridized carbons (Fsp3) is 0.389. The maximum atomic E-state index is 12.5. The highest BCUT2D eigenvalue weighted by Gasteiger charge is 2.26. The number of carbonyl (C=O) groups is 2. The Balaban J connectivity index is 1.68. The third kappa shape index (κ3) is 4.60. The summed E-state index contributed by atoms with van der Waals surface area (Å²) in [5, 5.41) is 14.9. The highest BCUT2D eigenvalue weighted by Crippen LogP contribution is 2.31. The minimum atomic E-state index is -2.96. The molecule has 0 atom stereocenters. The lowest BCUT2D eigenvalue weighted by Crippen LogP contribution is -2.41. The summed E-state index contributed by atoms with van der Waals surface area (Å²) in [6, 6.07) is 5.41. The number of anilines is 1. The Morgan fingerprint density at radius 1 is 1.19 bits per heavy atom. The van der Waals surface area contributed by atoms with Crippen LogP contribution in [0.3, 0.4) is 0 Å². The summed E-state index contributed by atoms with van der Waals surface area (Å²) in [5.74, 6) is -1.19. The zero-order valence-corrected chi connectivity index (χ0v) is 14.3. The molecular formula is C18H19F2N3O4. The molecule has 0 saturated heterocycles. The van der Waals surface area contributed by atoms with Crippen molar-refractivity contribution in [2.45, 2.75) is 38.3 Å². The highest BCUT2D eigenvalue weighted by molar-refractivity contribution is 6.01. The molecule has 1 aliphatic carbocycles. The maximum absolute atomic E-state index is 12.5. The van der Waals surface area contributed by atoms with Gasteiger partial charge in [0.25, 0.3) is 0 Å². The van der Waals surface area contributed by atoms with Crippen molar-refractivity contribution in [3.63, 3.8) is 0 Å². The van der Waals surface area contributed by atoms with Crippen LogP contribution in [-0.2, 0) is 4.79 Å². The van der Waals surface area contributed by atoms with Gasteiger partial charge in [-0.1, -0.05) is 0 Å². The number of ether oxygens (including phenoxy) is 1. The van der Waals surface area contributed by atoms with Crippen LogP contribution >= 0.6 is 0 Å². The summed E-state index contributed by atoms with van der Waals surface area (Å²) >= 11 is 0. The molecule has 1 saturated carbocycles. The van der Waals surface area contributed by atoms with Gasteiger partial charge in [0.2, 0.25) is 0 Å². The molecule has 3 N–H and O–H groups in total. The van der Waals surface area contributed by atoms with Crippen LogP contribution in [0, 0.1) is 5.92 Å². The standard InChI is InChI=1S/C18H19F2N3O4/c19-17(20)27-14-8-7-13(15-12(14)2-1-9-21-15)23-18(26)22-11-5-3-10(4-6-11)16(24)25/h1-2,7-11,17H,3-6H2,(H,24,25)(H2,22,23,26). The van der Waals surface area contributed by atoms with Gasteiger partial charge in [0.1, 0.15) is 5.75 Å². The number of pyridine rings is 1. The molecule has 1 aliphatic rings. The summed E-state index contributed by atoms with van der Waals surface area (Å²) in [4.78, 5) is 27.4. The number of nitrogens with one attached hydrogen (secondary N) is 2. The average Bonchev–Trinajstić information content (AvgIpc) is 2.64. The Bertz CT molecular complexity index is 838. The molecule has 9 heteroatoms. The molecule has 1 aromatic heterocycles. The average molecular weight is 379 g/mol. The fourth-order valence-electron chi connectivity index (χ4n) is 3.27. The number of aliphatic carboxylic acids is 1. The van der Waals surface area contributed by atoms with E-state index in [1.54, 1.807) is 12.1 Å². The summed E-state index contributed by atoms with van der Waals surface area (Å²) < 4.78 is 29.6. The van der Waals surface area contributed by atoms with E-state index in [0.29, 0.717) is 42.3 Å².